The van der Waals surface area contributed by atoms with Crippen molar-refractivity contribution < 1.29 is 4.79 Å². The highest BCUT2D eigenvalue weighted by Crippen LogP contribution is 2.30. The van der Waals surface area contributed by atoms with E-state index in [4.69, 9.17) is 11.6 Å². The van der Waals surface area contributed by atoms with Crippen LogP contribution in [0.15, 0.2) is 36.4 Å². The van der Waals surface area contributed by atoms with E-state index in [2.05, 4.69) is 12.2 Å². The molecule has 2 heterocycles. The molecular formula is C19H23ClN2OS. The number of thiophene rings is 1. The number of amides is 1. The number of hydrogen-bond donors (Lipinski definition) is 1. The van der Waals surface area contributed by atoms with Gasteiger partial charge in [-0.05, 0) is 61.7 Å². The van der Waals surface area contributed by atoms with E-state index in [0.29, 0.717) is 5.92 Å². The standard InChI is InChI=1S/C19H23ClN2OS/c1-2-21-13-14-9-11-22(12-10-14)19(23)18-8-7-17(24-18)15-3-5-16(20)6-4-15/h3-8,14,21H,2,9-13H2,1H3. The van der Waals surface area contributed by atoms with Gasteiger partial charge < -0.3 is 10.2 Å². The molecule has 128 valence electrons. The smallest absolute Gasteiger partial charge is 0.263 e. The minimum atomic E-state index is 0.169. The summed E-state index contributed by atoms with van der Waals surface area (Å²) in [5.41, 5.74) is 1.10. The van der Waals surface area contributed by atoms with Crippen LogP contribution in [0.25, 0.3) is 10.4 Å². The lowest BCUT2D eigenvalue weighted by Crippen LogP contribution is -2.40. The second-order valence-corrected chi connectivity index (χ2v) is 7.73. The molecule has 0 radical (unpaired) electrons. The Kier molecular flexibility index (Phi) is 5.93. The molecule has 1 aromatic heterocycles. The van der Waals surface area contributed by atoms with Crippen LogP contribution in [0.1, 0.15) is 29.4 Å². The fourth-order valence-corrected chi connectivity index (χ4v) is 4.17. The zero-order valence-corrected chi connectivity index (χ0v) is 15.5. The van der Waals surface area contributed by atoms with Gasteiger partial charge >= 0.3 is 0 Å². The molecule has 0 aliphatic carbocycles. The fraction of sp³-hybridized carbons (Fsp3) is 0.421. The number of rotatable bonds is 5. The maximum absolute atomic E-state index is 12.7. The van der Waals surface area contributed by atoms with Gasteiger partial charge in [-0.3, -0.25) is 4.79 Å². The third-order valence-electron chi connectivity index (χ3n) is 4.53. The van der Waals surface area contributed by atoms with Crippen LogP contribution in [-0.4, -0.2) is 37.0 Å². The number of carbonyl (C=O) groups excluding carboxylic acids is 1. The summed E-state index contributed by atoms with van der Waals surface area (Å²) < 4.78 is 0. The van der Waals surface area contributed by atoms with Crippen molar-refractivity contribution >= 4 is 28.8 Å². The van der Waals surface area contributed by atoms with Crippen LogP contribution in [0.2, 0.25) is 5.02 Å². The highest BCUT2D eigenvalue weighted by atomic mass is 35.5. The molecule has 0 unspecified atom stereocenters. The Morgan fingerprint density at radius 2 is 1.92 bits per heavy atom. The molecular weight excluding hydrogens is 340 g/mol. The van der Waals surface area contributed by atoms with Gasteiger partial charge in [0.05, 0.1) is 4.88 Å². The van der Waals surface area contributed by atoms with E-state index >= 15 is 0 Å². The molecule has 2 aromatic rings. The predicted molar refractivity (Wildman–Crippen MR) is 102 cm³/mol. The van der Waals surface area contributed by atoms with Gasteiger partial charge in [0.2, 0.25) is 0 Å². The van der Waals surface area contributed by atoms with Gasteiger partial charge in [0, 0.05) is 23.0 Å². The molecule has 0 bridgehead atoms. The van der Waals surface area contributed by atoms with Gasteiger partial charge in [0.15, 0.2) is 0 Å². The lowest BCUT2D eigenvalue weighted by Gasteiger charge is -2.31. The van der Waals surface area contributed by atoms with Crippen LogP contribution in [-0.2, 0) is 0 Å². The number of carbonyl (C=O) groups is 1. The molecule has 1 saturated heterocycles. The zero-order valence-electron chi connectivity index (χ0n) is 13.9. The van der Waals surface area contributed by atoms with Crippen LogP contribution >= 0.6 is 22.9 Å². The Bertz CT molecular complexity index is 675. The summed E-state index contributed by atoms with van der Waals surface area (Å²) in [7, 11) is 0. The molecule has 1 N–H and O–H groups in total. The van der Waals surface area contributed by atoms with E-state index in [1.165, 1.54) is 0 Å². The van der Waals surface area contributed by atoms with Crippen molar-refractivity contribution in [3.05, 3.63) is 46.3 Å². The Balaban J connectivity index is 1.61. The van der Waals surface area contributed by atoms with E-state index < -0.39 is 0 Å². The number of nitrogens with zero attached hydrogens (tertiary/aromatic N) is 1. The summed E-state index contributed by atoms with van der Waals surface area (Å²) in [6.07, 6.45) is 2.18. The van der Waals surface area contributed by atoms with Crippen LogP contribution in [0.5, 0.6) is 0 Å². The van der Waals surface area contributed by atoms with E-state index in [1.54, 1.807) is 11.3 Å². The molecule has 24 heavy (non-hydrogen) atoms. The molecule has 1 amide bonds. The zero-order chi connectivity index (χ0) is 16.9. The molecule has 0 saturated carbocycles. The molecule has 0 atom stereocenters. The minimum Gasteiger partial charge on any atom is -0.338 e. The summed E-state index contributed by atoms with van der Waals surface area (Å²) in [5.74, 6) is 0.865. The topological polar surface area (TPSA) is 32.3 Å². The van der Waals surface area contributed by atoms with E-state index in [9.17, 15) is 4.79 Å². The van der Waals surface area contributed by atoms with Gasteiger partial charge in [-0.25, -0.2) is 0 Å². The molecule has 0 spiro atoms. The quantitative estimate of drug-likeness (QED) is 0.847. The average Bonchev–Trinajstić information content (AvgIpc) is 3.10. The monoisotopic (exact) mass is 362 g/mol. The Morgan fingerprint density at radius 3 is 2.58 bits per heavy atom. The largest absolute Gasteiger partial charge is 0.338 e. The summed E-state index contributed by atoms with van der Waals surface area (Å²) >= 11 is 7.50. The number of nitrogens with one attached hydrogen (secondary N) is 1. The van der Waals surface area contributed by atoms with Crippen LogP contribution in [0, 0.1) is 5.92 Å². The maximum Gasteiger partial charge on any atom is 0.263 e. The van der Waals surface area contributed by atoms with Crippen LogP contribution in [0.4, 0.5) is 0 Å². The molecule has 1 aliphatic heterocycles. The van der Waals surface area contributed by atoms with Crippen molar-refractivity contribution in [1.82, 2.24) is 10.2 Å². The second kappa shape index (κ2) is 8.15. The van der Waals surface area contributed by atoms with Crippen molar-refractivity contribution in [3.63, 3.8) is 0 Å². The summed E-state index contributed by atoms with van der Waals surface area (Å²) in [4.78, 5) is 16.7. The Hall–Kier alpha value is -1.36. The lowest BCUT2D eigenvalue weighted by atomic mass is 9.96. The maximum atomic E-state index is 12.7. The summed E-state index contributed by atoms with van der Waals surface area (Å²) in [6, 6.07) is 11.7. The Morgan fingerprint density at radius 1 is 1.21 bits per heavy atom. The van der Waals surface area contributed by atoms with Crippen molar-refractivity contribution in [2.24, 2.45) is 5.92 Å². The van der Waals surface area contributed by atoms with E-state index in [1.807, 2.05) is 41.3 Å². The van der Waals surface area contributed by atoms with E-state index in [0.717, 1.165) is 59.4 Å². The lowest BCUT2D eigenvalue weighted by molar-refractivity contribution is 0.0695. The first-order valence-electron chi connectivity index (χ1n) is 8.53. The number of benzene rings is 1. The summed E-state index contributed by atoms with van der Waals surface area (Å²) in [6.45, 7) is 5.94. The highest BCUT2D eigenvalue weighted by molar-refractivity contribution is 7.17. The molecule has 5 heteroatoms. The SMILES string of the molecule is CCNCC1CCN(C(=O)c2ccc(-c3ccc(Cl)cc3)s2)CC1. The first-order chi connectivity index (χ1) is 11.7. The molecule has 1 aliphatic rings. The molecule has 1 fully saturated rings. The third kappa shape index (κ3) is 4.18. The Labute approximate surface area is 152 Å². The van der Waals surface area contributed by atoms with Crippen molar-refractivity contribution in [3.8, 4) is 10.4 Å². The second-order valence-electron chi connectivity index (χ2n) is 6.21. The first-order valence-corrected chi connectivity index (χ1v) is 9.72. The average molecular weight is 363 g/mol. The number of halogens is 1. The predicted octanol–water partition coefficient (Wildman–Crippen LogP) is 4.53. The highest BCUT2D eigenvalue weighted by Gasteiger charge is 2.24. The number of likely N-dealkylation sites (tertiary alicyclic amines) is 1. The third-order valence-corrected chi connectivity index (χ3v) is 5.90. The normalized spacial score (nSPS) is 15.7. The molecule has 3 rings (SSSR count). The fourth-order valence-electron chi connectivity index (χ4n) is 3.07. The van der Waals surface area contributed by atoms with Crippen molar-refractivity contribution in [2.45, 2.75) is 19.8 Å². The van der Waals surface area contributed by atoms with Crippen molar-refractivity contribution in [1.29, 1.82) is 0 Å². The molecule has 1 aromatic carbocycles. The van der Waals surface area contributed by atoms with Crippen LogP contribution < -0.4 is 5.32 Å². The summed E-state index contributed by atoms with van der Waals surface area (Å²) in [5, 5.41) is 4.14. The first kappa shape index (κ1) is 17.5. The van der Waals surface area contributed by atoms with E-state index in [-0.39, 0.29) is 5.91 Å². The number of piperidine rings is 1. The van der Waals surface area contributed by atoms with Gasteiger partial charge in [0.25, 0.3) is 5.91 Å². The minimum absolute atomic E-state index is 0.169. The van der Waals surface area contributed by atoms with Gasteiger partial charge in [-0.1, -0.05) is 30.7 Å². The van der Waals surface area contributed by atoms with Crippen LogP contribution in [0.3, 0.4) is 0 Å². The van der Waals surface area contributed by atoms with Gasteiger partial charge in [-0.15, -0.1) is 11.3 Å². The molecule has 3 nitrogen and oxygen atoms in total. The van der Waals surface area contributed by atoms with Gasteiger partial charge in [-0.2, -0.15) is 0 Å². The van der Waals surface area contributed by atoms with Crippen molar-refractivity contribution in [2.75, 3.05) is 26.2 Å². The van der Waals surface area contributed by atoms with Gasteiger partial charge in [0.1, 0.15) is 0 Å². The number of hydrogen-bond acceptors (Lipinski definition) is 3.